The average Bonchev–Trinajstić information content (AvgIpc) is 2.81. The number of carboxylic acids is 1. The molecular weight excluding hydrogens is 252 g/mol. The summed E-state index contributed by atoms with van der Waals surface area (Å²) in [5.74, 6) is -0.109. The number of hydrogen-bond acceptors (Lipinski definition) is 3. The topological polar surface area (TPSA) is 53.4 Å². The Morgan fingerprint density at radius 1 is 1.40 bits per heavy atom. The Morgan fingerprint density at radius 2 is 2.20 bits per heavy atom. The SMILES string of the molecule is Cc1ccc(CN2C(C(=O)O)CC3CCCCC32)nc1. The van der Waals surface area contributed by atoms with Gasteiger partial charge in [0.05, 0.1) is 5.69 Å². The van der Waals surface area contributed by atoms with E-state index in [0.717, 1.165) is 24.1 Å². The number of fused-ring (bicyclic) bond motifs is 1. The number of likely N-dealkylation sites (tertiary alicyclic amines) is 1. The van der Waals surface area contributed by atoms with Gasteiger partial charge in [0.25, 0.3) is 0 Å². The molecule has 4 nitrogen and oxygen atoms in total. The minimum absolute atomic E-state index is 0.328. The molecule has 0 aromatic carbocycles. The standard InChI is InChI=1S/C16H22N2O2/c1-11-6-7-13(17-9-11)10-18-14-5-3-2-4-12(14)8-15(18)16(19)20/h6-7,9,12,14-15H,2-5,8,10H2,1H3,(H,19,20). The number of nitrogens with zero attached hydrogens (tertiary/aromatic N) is 2. The molecule has 0 radical (unpaired) electrons. The zero-order chi connectivity index (χ0) is 14.1. The fourth-order valence-electron chi connectivity index (χ4n) is 3.80. The van der Waals surface area contributed by atoms with Gasteiger partial charge in [-0.2, -0.15) is 0 Å². The summed E-state index contributed by atoms with van der Waals surface area (Å²) in [6.45, 7) is 2.68. The maximum absolute atomic E-state index is 11.5. The van der Waals surface area contributed by atoms with Gasteiger partial charge in [-0.05, 0) is 43.7 Å². The highest BCUT2D eigenvalue weighted by atomic mass is 16.4. The lowest BCUT2D eigenvalue weighted by atomic mass is 9.85. The van der Waals surface area contributed by atoms with Crippen LogP contribution in [0, 0.1) is 12.8 Å². The highest BCUT2D eigenvalue weighted by Crippen LogP contribution is 2.40. The zero-order valence-corrected chi connectivity index (χ0v) is 12.0. The van der Waals surface area contributed by atoms with Crippen molar-refractivity contribution in [2.24, 2.45) is 5.92 Å². The lowest BCUT2D eigenvalue weighted by Gasteiger charge is -2.32. The molecule has 0 spiro atoms. The van der Waals surface area contributed by atoms with E-state index >= 15 is 0 Å². The van der Waals surface area contributed by atoms with Crippen LogP contribution in [0.1, 0.15) is 43.4 Å². The molecular formula is C16H22N2O2. The van der Waals surface area contributed by atoms with E-state index in [1.165, 1.54) is 19.3 Å². The van der Waals surface area contributed by atoms with E-state index in [9.17, 15) is 9.90 Å². The summed E-state index contributed by atoms with van der Waals surface area (Å²) in [5, 5.41) is 9.49. The van der Waals surface area contributed by atoms with Crippen LogP contribution >= 0.6 is 0 Å². The molecule has 3 unspecified atom stereocenters. The van der Waals surface area contributed by atoms with Gasteiger partial charge in [-0.1, -0.05) is 18.9 Å². The monoisotopic (exact) mass is 274 g/mol. The molecule has 1 aliphatic carbocycles. The number of pyridine rings is 1. The van der Waals surface area contributed by atoms with Crippen LogP contribution in [0.15, 0.2) is 18.3 Å². The molecule has 1 aromatic rings. The van der Waals surface area contributed by atoms with Gasteiger partial charge in [-0.25, -0.2) is 0 Å². The maximum Gasteiger partial charge on any atom is 0.320 e. The van der Waals surface area contributed by atoms with Gasteiger partial charge in [0.15, 0.2) is 0 Å². The second kappa shape index (κ2) is 5.52. The van der Waals surface area contributed by atoms with Crippen LogP contribution < -0.4 is 0 Å². The summed E-state index contributed by atoms with van der Waals surface area (Å²) in [6, 6.07) is 4.18. The van der Waals surface area contributed by atoms with Crippen LogP contribution in [0.3, 0.4) is 0 Å². The number of aliphatic carboxylic acids is 1. The van der Waals surface area contributed by atoms with Gasteiger partial charge in [0, 0.05) is 18.8 Å². The van der Waals surface area contributed by atoms with Crippen molar-refractivity contribution >= 4 is 5.97 Å². The molecule has 1 aromatic heterocycles. The highest BCUT2D eigenvalue weighted by molar-refractivity contribution is 5.74. The first-order valence-electron chi connectivity index (χ1n) is 7.55. The summed E-state index contributed by atoms with van der Waals surface area (Å²) in [7, 11) is 0. The predicted molar refractivity (Wildman–Crippen MR) is 76.3 cm³/mol. The van der Waals surface area contributed by atoms with Crippen LogP contribution in [0.25, 0.3) is 0 Å². The number of rotatable bonds is 3. The minimum Gasteiger partial charge on any atom is -0.480 e. The molecule has 0 amide bonds. The van der Waals surface area contributed by atoms with E-state index in [1.54, 1.807) is 0 Å². The molecule has 20 heavy (non-hydrogen) atoms. The van der Waals surface area contributed by atoms with E-state index < -0.39 is 5.97 Å². The normalized spacial score (nSPS) is 30.1. The number of aryl methyl sites for hydroxylation is 1. The third-order valence-electron chi connectivity index (χ3n) is 4.82. The van der Waals surface area contributed by atoms with Crippen LogP contribution in [0.2, 0.25) is 0 Å². The quantitative estimate of drug-likeness (QED) is 0.920. The van der Waals surface area contributed by atoms with E-state index in [0.29, 0.717) is 18.5 Å². The van der Waals surface area contributed by atoms with E-state index in [4.69, 9.17) is 0 Å². The molecule has 1 saturated heterocycles. The van der Waals surface area contributed by atoms with Gasteiger partial charge < -0.3 is 5.11 Å². The average molecular weight is 274 g/mol. The Morgan fingerprint density at radius 3 is 2.90 bits per heavy atom. The number of carbonyl (C=O) groups is 1. The van der Waals surface area contributed by atoms with Crippen molar-refractivity contribution in [1.29, 1.82) is 0 Å². The Hall–Kier alpha value is -1.42. The van der Waals surface area contributed by atoms with Gasteiger partial charge in [0.2, 0.25) is 0 Å². The summed E-state index contributed by atoms with van der Waals surface area (Å²) >= 11 is 0. The largest absolute Gasteiger partial charge is 0.480 e. The van der Waals surface area contributed by atoms with Crippen molar-refractivity contribution in [3.63, 3.8) is 0 Å². The van der Waals surface area contributed by atoms with Crippen molar-refractivity contribution in [2.45, 2.75) is 57.7 Å². The first-order valence-corrected chi connectivity index (χ1v) is 7.55. The first-order chi connectivity index (χ1) is 9.65. The van der Waals surface area contributed by atoms with Crippen LogP contribution in [0.5, 0.6) is 0 Å². The van der Waals surface area contributed by atoms with Crippen molar-refractivity contribution in [3.05, 3.63) is 29.6 Å². The second-order valence-corrected chi connectivity index (χ2v) is 6.20. The van der Waals surface area contributed by atoms with Crippen molar-refractivity contribution in [2.75, 3.05) is 0 Å². The fraction of sp³-hybridized carbons (Fsp3) is 0.625. The van der Waals surface area contributed by atoms with Crippen LogP contribution in [-0.2, 0) is 11.3 Å². The molecule has 3 rings (SSSR count). The number of aromatic nitrogens is 1. The summed E-state index contributed by atoms with van der Waals surface area (Å²) < 4.78 is 0. The first kappa shape index (κ1) is 13.6. The summed E-state index contributed by atoms with van der Waals surface area (Å²) in [4.78, 5) is 18.2. The fourth-order valence-corrected chi connectivity index (χ4v) is 3.80. The van der Waals surface area contributed by atoms with E-state index in [2.05, 4.69) is 9.88 Å². The van der Waals surface area contributed by atoms with Gasteiger partial charge in [-0.3, -0.25) is 14.7 Å². The number of hydrogen-bond donors (Lipinski definition) is 1. The van der Waals surface area contributed by atoms with Crippen molar-refractivity contribution < 1.29 is 9.90 Å². The molecule has 1 N–H and O–H groups in total. The Balaban J connectivity index is 1.80. The molecule has 2 aliphatic rings. The lowest BCUT2D eigenvalue weighted by Crippen LogP contribution is -2.41. The van der Waals surface area contributed by atoms with Gasteiger partial charge in [-0.15, -0.1) is 0 Å². The third-order valence-corrected chi connectivity index (χ3v) is 4.82. The molecule has 0 bridgehead atoms. The molecule has 3 atom stereocenters. The molecule has 1 aliphatic heterocycles. The second-order valence-electron chi connectivity index (χ2n) is 6.20. The van der Waals surface area contributed by atoms with Crippen molar-refractivity contribution in [3.8, 4) is 0 Å². The molecule has 2 heterocycles. The third kappa shape index (κ3) is 2.57. The zero-order valence-electron chi connectivity index (χ0n) is 12.0. The number of carboxylic acid groups (broad SMARTS) is 1. The Kier molecular flexibility index (Phi) is 3.74. The van der Waals surface area contributed by atoms with Gasteiger partial charge in [0.1, 0.15) is 6.04 Å². The smallest absolute Gasteiger partial charge is 0.320 e. The molecule has 2 fully saturated rings. The summed E-state index contributed by atoms with van der Waals surface area (Å²) in [5.41, 5.74) is 2.12. The predicted octanol–water partition coefficient (Wildman–Crippen LogP) is 2.61. The van der Waals surface area contributed by atoms with Crippen LogP contribution in [0.4, 0.5) is 0 Å². The minimum atomic E-state index is -0.675. The molecule has 4 heteroatoms. The lowest BCUT2D eigenvalue weighted by molar-refractivity contribution is -0.142. The van der Waals surface area contributed by atoms with Crippen molar-refractivity contribution in [1.82, 2.24) is 9.88 Å². The van der Waals surface area contributed by atoms with Crippen LogP contribution in [-0.4, -0.2) is 33.0 Å². The van der Waals surface area contributed by atoms with E-state index in [-0.39, 0.29) is 6.04 Å². The van der Waals surface area contributed by atoms with E-state index in [1.807, 2.05) is 25.3 Å². The maximum atomic E-state index is 11.5. The molecule has 108 valence electrons. The Bertz CT molecular complexity index is 486. The molecule has 1 saturated carbocycles. The summed E-state index contributed by atoms with van der Waals surface area (Å²) in [6.07, 6.45) is 7.48. The Labute approximate surface area is 119 Å². The highest BCUT2D eigenvalue weighted by Gasteiger charge is 2.45. The van der Waals surface area contributed by atoms with Gasteiger partial charge >= 0.3 is 5.97 Å².